The number of amides is 2. The highest BCUT2D eigenvalue weighted by atomic mass is 35.5. The number of halogens is 3. The molecule has 0 unspecified atom stereocenters. The van der Waals surface area contributed by atoms with Crippen LogP contribution in [0.5, 0.6) is 5.75 Å². The molecule has 0 aromatic heterocycles. The molecule has 0 aliphatic carbocycles. The van der Waals surface area contributed by atoms with E-state index in [0.717, 1.165) is 0 Å². The van der Waals surface area contributed by atoms with Crippen LogP contribution in [0.4, 0.5) is 14.5 Å². The van der Waals surface area contributed by atoms with Crippen LogP contribution in [-0.4, -0.2) is 60.9 Å². The second-order valence-corrected chi connectivity index (χ2v) is 6.88. The van der Waals surface area contributed by atoms with Crippen LogP contribution in [0.2, 0.25) is 5.02 Å². The van der Waals surface area contributed by atoms with Gasteiger partial charge >= 0.3 is 6.61 Å². The van der Waals surface area contributed by atoms with Crippen molar-refractivity contribution in [1.29, 1.82) is 0 Å². The Morgan fingerprint density at radius 3 is 2.38 bits per heavy atom. The summed E-state index contributed by atoms with van der Waals surface area (Å²) in [5, 5.41) is 3.22. The van der Waals surface area contributed by atoms with E-state index in [1.54, 1.807) is 35.2 Å². The molecule has 0 spiro atoms. The molecular weight excluding hydrogens is 404 g/mol. The number of piperazine rings is 1. The van der Waals surface area contributed by atoms with Gasteiger partial charge in [0.15, 0.2) is 0 Å². The monoisotopic (exact) mass is 423 g/mol. The Hall–Kier alpha value is -2.71. The summed E-state index contributed by atoms with van der Waals surface area (Å²) in [5.41, 5.74) is 0.640. The third-order valence-corrected chi connectivity index (χ3v) is 4.84. The molecule has 0 saturated carbocycles. The maximum atomic E-state index is 12.7. The van der Waals surface area contributed by atoms with Gasteiger partial charge in [0.2, 0.25) is 5.91 Å². The first-order valence-electron chi connectivity index (χ1n) is 9.04. The second kappa shape index (κ2) is 9.67. The molecule has 3 rings (SSSR count). The zero-order valence-electron chi connectivity index (χ0n) is 15.5. The molecule has 154 valence electrons. The number of hydrogen-bond donors (Lipinski definition) is 1. The van der Waals surface area contributed by atoms with Gasteiger partial charge < -0.3 is 15.0 Å². The lowest BCUT2D eigenvalue weighted by atomic mass is 10.1. The van der Waals surface area contributed by atoms with Gasteiger partial charge in [0, 0.05) is 26.2 Å². The van der Waals surface area contributed by atoms with Crippen molar-refractivity contribution in [2.75, 3.05) is 38.0 Å². The summed E-state index contributed by atoms with van der Waals surface area (Å²) >= 11 is 6.04. The van der Waals surface area contributed by atoms with Gasteiger partial charge in [0.1, 0.15) is 5.75 Å². The van der Waals surface area contributed by atoms with Crippen molar-refractivity contribution in [2.24, 2.45) is 0 Å². The maximum Gasteiger partial charge on any atom is 0.387 e. The van der Waals surface area contributed by atoms with Crippen LogP contribution in [0.1, 0.15) is 10.4 Å². The molecule has 1 fully saturated rings. The normalized spacial score (nSPS) is 14.7. The standard InChI is InChI=1S/C20H20ClF2N3O3/c21-15-6-2-3-7-16(15)24-18(27)13-25-9-11-26(12-10-25)19(28)14-5-1-4-8-17(14)29-20(22)23/h1-8,20H,9-13H2,(H,24,27). The van der Waals surface area contributed by atoms with Crippen LogP contribution in [0.3, 0.4) is 0 Å². The number of rotatable bonds is 6. The van der Waals surface area contributed by atoms with Crippen molar-refractivity contribution < 1.29 is 23.1 Å². The Morgan fingerprint density at radius 2 is 1.69 bits per heavy atom. The molecule has 9 heteroatoms. The summed E-state index contributed by atoms with van der Waals surface area (Å²) in [5.74, 6) is -0.718. The summed E-state index contributed by atoms with van der Waals surface area (Å²) in [6.07, 6.45) is 0. The molecule has 2 amide bonds. The quantitative estimate of drug-likeness (QED) is 0.774. The predicted octanol–water partition coefficient (Wildman–Crippen LogP) is 3.34. The Morgan fingerprint density at radius 1 is 1.03 bits per heavy atom. The lowest BCUT2D eigenvalue weighted by Crippen LogP contribution is -2.50. The fourth-order valence-electron chi connectivity index (χ4n) is 3.08. The van der Waals surface area contributed by atoms with Gasteiger partial charge in [-0.05, 0) is 24.3 Å². The number of hydrogen-bond acceptors (Lipinski definition) is 4. The zero-order valence-corrected chi connectivity index (χ0v) is 16.2. The van der Waals surface area contributed by atoms with Crippen LogP contribution >= 0.6 is 11.6 Å². The summed E-state index contributed by atoms with van der Waals surface area (Å²) in [6, 6.07) is 12.9. The smallest absolute Gasteiger partial charge is 0.387 e. The number of benzene rings is 2. The highest BCUT2D eigenvalue weighted by Crippen LogP contribution is 2.23. The molecule has 1 N–H and O–H groups in total. The Labute approximate surface area is 172 Å². The summed E-state index contributed by atoms with van der Waals surface area (Å²) in [4.78, 5) is 28.4. The Balaban J connectivity index is 1.53. The molecule has 0 atom stereocenters. The SMILES string of the molecule is O=C(CN1CCN(C(=O)c2ccccc2OC(F)F)CC1)Nc1ccccc1Cl. The van der Waals surface area contributed by atoms with Gasteiger partial charge in [-0.1, -0.05) is 35.9 Å². The average Bonchev–Trinajstić information content (AvgIpc) is 2.70. The van der Waals surface area contributed by atoms with Crippen LogP contribution in [0.15, 0.2) is 48.5 Å². The van der Waals surface area contributed by atoms with E-state index >= 15 is 0 Å². The number of ether oxygens (including phenoxy) is 1. The molecule has 1 aliphatic heterocycles. The number of anilines is 1. The van der Waals surface area contributed by atoms with E-state index in [2.05, 4.69) is 10.1 Å². The Kier molecular flexibility index (Phi) is 7.00. The number of carbonyl (C=O) groups excluding carboxylic acids is 2. The van der Waals surface area contributed by atoms with Crippen molar-refractivity contribution in [3.63, 3.8) is 0 Å². The summed E-state index contributed by atoms with van der Waals surface area (Å²) in [7, 11) is 0. The molecular formula is C20H20ClF2N3O3. The minimum Gasteiger partial charge on any atom is -0.434 e. The fourth-order valence-corrected chi connectivity index (χ4v) is 3.26. The molecule has 6 nitrogen and oxygen atoms in total. The first kappa shape index (κ1) is 21.0. The van der Waals surface area contributed by atoms with Crippen molar-refractivity contribution in [2.45, 2.75) is 6.61 Å². The molecule has 29 heavy (non-hydrogen) atoms. The number of nitrogens with one attached hydrogen (secondary N) is 1. The predicted molar refractivity (Wildman–Crippen MR) is 105 cm³/mol. The highest BCUT2D eigenvalue weighted by molar-refractivity contribution is 6.33. The van der Waals surface area contributed by atoms with Crippen LogP contribution in [0, 0.1) is 0 Å². The van der Waals surface area contributed by atoms with Crippen LogP contribution in [0.25, 0.3) is 0 Å². The van der Waals surface area contributed by atoms with Crippen molar-refractivity contribution in [3.05, 3.63) is 59.1 Å². The molecule has 1 saturated heterocycles. The summed E-state index contributed by atoms with van der Waals surface area (Å²) < 4.78 is 29.6. The van der Waals surface area contributed by atoms with E-state index in [9.17, 15) is 18.4 Å². The van der Waals surface area contributed by atoms with Gasteiger partial charge in [0.05, 0.1) is 22.8 Å². The number of alkyl halides is 2. The lowest BCUT2D eigenvalue weighted by Gasteiger charge is -2.34. The van der Waals surface area contributed by atoms with Gasteiger partial charge in [0.25, 0.3) is 5.91 Å². The first-order valence-corrected chi connectivity index (χ1v) is 9.41. The van der Waals surface area contributed by atoms with Gasteiger partial charge in [-0.15, -0.1) is 0 Å². The molecule has 1 heterocycles. The second-order valence-electron chi connectivity index (χ2n) is 6.47. The van der Waals surface area contributed by atoms with Crippen LogP contribution < -0.4 is 10.1 Å². The highest BCUT2D eigenvalue weighted by Gasteiger charge is 2.25. The van der Waals surface area contributed by atoms with E-state index in [4.69, 9.17) is 11.6 Å². The van der Waals surface area contributed by atoms with E-state index < -0.39 is 6.61 Å². The molecule has 0 bridgehead atoms. The van der Waals surface area contributed by atoms with E-state index in [0.29, 0.717) is 36.9 Å². The van der Waals surface area contributed by atoms with E-state index in [1.807, 2.05) is 4.90 Å². The third-order valence-electron chi connectivity index (χ3n) is 4.51. The van der Waals surface area contributed by atoms with Crippen LogP contribution in [-0.2, 0) is 4.79 Å². The average molecular weight is 424 g/mol. The van der Waals surface area contributed by atoms with Crippen molar-refractivity contribution in [1.82, 2.24) is 9.80 Å². The topological polar surface area (TPSA) is 61.9 Å². The maximum absolute atomic E-state index is 12.7. The first-order chi connectivity index (χ1) is 13.9. The molecule has 2 aromatic rings. The Bertz CT molecular complexity index is 874. The van der Waals surface area contributed by atoms with Gasteiger partial charge in [-0.3, -0.25) is 14.5 Å². The van der Waals surface area contributed by atoms with Gasteiger partial charge in [-0.25, -0.2) is 0 Å². The number of nitrogens with zero attached hydrogens (tertiary/aromatic N) is 2. The molecule has 1 aliphatic rings. The van der Waals surface area contributed by atoms with Gasteiger partial charge in [-0.2, -0.15) is 8.78 Å². The molecule has 0 radical (unpaired) electrons. The van der Waals surface area contributed by atoms with E-state index in [-0.39, 0.29) is 29.7 Å². The fraction of sp³-hybridized carbons (Fsp3) is 0.300. The number of carbonyl (C=O) groups is 2. The van der Waals surface area contributed by atoms with Crippen molar-refractivity contribution >= 4 is 29.1 Å². The minimum atomic E-state index is -3.00. The summed E-state index contributed by atoms with van der Waals surface area (Å²) in [6.45, 7) is -1.11. The lowest BCUT2D eigenvalue weighted by molar-refractivity contribution is -0.117. The minimum absolute atomic E-state index is 0.0951. The molecule has 2 aromatic carbocycles. The van der Waals surface area contributed by atoms with E-state index in [1.165, 1.54) is 18.2 Å². The zero-order chi connectivity index (χ0) is 20.8. The van der Waals surface area contributed by atoms with Crippen molar-refractivity contribution in [3.8, 4) is 5.75 Å². The largest absolute Gasteiger partial charge is 0.434 e. The number of para-hydroxylation sites is 2. The third kappa shape index (κ3) is 5.65.